The van der Waals surface area contributed by atoms with Crippen LogP contribution in [0.5, 0.6) is 0 Å². The van der Waals surface area contributed by atoms with Gasteiger partial charge in [0.15, 0.2) is 0 Å². The molecule has 0 aromatic rings. The van der Waals surface area contributed by atoms with Gasteiger partial charge in [-0.05, 0) is 69.1 Å². The van der Waals surface area contributed by atoms with Crippen molar-refractivity contribution in [1.82, 2.24) is 0 Å². The van der Waals surface area contributed by atoms with Crippen LogP contribution in [-0.4, -0.2) is 22.3 Å². The molecule has 3 aliphatic carbocycles. The molecule has 3 aliphatic rings. The zero-order valence-corrected chi connectivity index (χ0v) is 17.6. The van der Waals surface area contributed by atoms with Crippen LogP contribution in [0.25, 0.3) is 0 Å². The van der Waals surface area contributed by atoms with E-state index in [-0.39, 0.29) is 12.0 Å². The van der Waals surface area contributed by atoms with Crippen LogP contribution in [0.3, 0.4) is 0 Å². The van der Waals surface area contributed by atoms with E-state index in [1.54, 1.807) is 0 Å². The van der Waals surface area contributed by atoms with Gasteiger partial charge in [0.1, 0.15) is 0 Å². The molecule has 0 aromatic heterocycles. The van der Waals surface area contributed by atoms with Crippen molar-refractivity contribution in [3.05, 3.63) is 0 Å². The molecule has 0 radical (unpaired) electrons. The van der Waals surface area contributed by atoms with Gasteiger partial charge in [-0.1, -0.05) is 59.3 Å². The summed E-state index contributed by atoms with van der Waals surface area (Å²) < 4.78 is 0. The first-order valence-corrected chi connectivity index (χ1v) is 11.5. The highest BCUT2D eigenvalue weighted by atomic mass is 16.4. The molecule has 3 saturated carbocycles. The molecule has 3 rings (SSSR count). The van der Waals surface area contributed by atoms with Crippen LogP contribution in [0.1, 0.15) is 111 Å². The van der Waals surface area contributed by atoms with Gasteiger partial charge in [-0.3, -0.25) is 4.79 Å². The van der Waals surface area contributed by atoms with Crippen molar-refractivity contribution in [3.63, 3.8) is 0 Å². The molecule has 0 aliphatic heterocycles. The highest BCUT2D eigenvalue weighted by Crippen LogP contribution is 2.39. The first kappa shape index (κ1) is 23.5. The van der Waals surface area contributed by atoms with E-state index in [0.29, 0.717) is 0 Å². The van der Waals surface area contributed by atoms with Gasteiger partial charge in [-0.25, -0.2) is 0 Å². The Bertz CT molecular complexity index is 346. The third-order valence-corrected chi connectivity index (χ3v) is 6.83. The summed E-state index contributed by atoms with van der Waals surface area (Å²) in [6, 6.07) is 0. The number of aliphatic carboxylic acids is 1. The number of hydrogen-bond acceptors (Lipinski definition) is 2. The van der Waals surface area contributed by atoms with Crippen LogP contribution in [0, 0.1) is 23.7 Å². The Hall–Kier alpha value is -0.570. The van der Waals surface area contributed by atoms with Gasteiger partial charge in [0.25, 0.3) is 0 Å². The molecule has 0 atom stereocenters. The largest absolute Gasteiger partial charge is 0.481 e. The quantitative estimate of drug-likeness (QED) is 0.603. The SMILES string of the molecule is CC.CCC1CCCCC1.O=C(O)C1CCC(C2CCC(O)CC2)CC1. The minimum Gasteiger partial charge on any atom is -0.481 e. The van der Waals surface area contributed by atoms with Crippen LogP contribution in [-0.2, 0) is 4.79 Å². The standard InChI is InChI=1S/C13H22O3.C8H16.C2H6/c14-12-7-5-10(6-8-12)9-1-3-11(4-2-9)13(15)16;1-2-8-6-4-3-5-7-8;1-2/h9-12,14H,1-8H2,(H,15,16);8H,2-7H2,1H3;1-2H3. The van der Waals surface area contributed by atoms with Crippen LogP contribution < -0.4 is 0 Å². The lowest BCUT2D eigenvalue weighted by Crippen LogP contribution is -2.29. The smallest absolute Gasteiger partial charge is 0.306 e. The summed E-state index contributed by atoms with van der Waals surface area (Å²) >= 11 is 0. The lowest BCUT2D eigenvalue weighted by Gasteiger charge is -2.35. The third-order valence-electron chi connectivity index (χ3n) is 6.83. The lowest BCUT2D eigenvalue weighted by atomic mass is 9.70. The normalized spacial score (nSPS) is 32.5. The molecular formula is C23H44O3. The minimum atomic E-state index is -0.613. The molecule has 154 valence electrons. The molecular weight excluding hydrogens is 324 g/mol. The van der Waals surface area contributed by atoms with Gasteiger partial charge in [0.2, 0.25) is 0 Å². The van der Waals surface area contributed by atoms with E-state index in [9.17, 15) is 9.90 Å². The van der Waals surface area contributed by atoms with E-state index in [2.05, 4.69) is 6.92 Å². The molecule has 26 heavy (non-hydrogen) atoms. The monoisotopic (exact) mass is 368 g/mol. The van der Waals surface area contributed by atoms with Gasteiger partial charge >= 0.3 is 5.97 Å². The van der Waals surface area contributed by atoms with Gasteiger partial charge in [-0.2, -0.15) is 0 Å². The molecule has 0 heterocycles. The average molecular weight is 369 g/mol. The van der Waals surface area contributed by atoms with E-state index in [4.69, 9.17) is 5.11 Å². The summed E-state index contributed by atoms with van der Waals surface area (Å²) in [6.45, 7) is 6.32. The van der Waals surface area contributed by atoms with Crippen molar-refractivity contribution in [3.8, 4) is 0 Å². The number of hydrogen-bond donors (Lipinski definition) is 2. The summed E-state index contributed by atoms with van der Waals surface area (Å²) in [7, 11) is 0. The highest BCUT2D eigenvalue weighted by molar-refractivity contribution is 5.69. The van der Waals surface area contributed by atoms with Crippen LogP contribution >= 0.6 is 0 Å². The van der Waals surface area contributed by atoms with Crippen molar-refractivity contribution in [1.29, 1.82) is 0 Å². The second kappa shape index (κ2) is 13.6. The first-order chi connectivity index (χ1) is 12.6. The van der Waals surface area contributed by atoms with Gasteiger partial charge in [0, 0.05) is 0 Å². The Morgan fingerprint density at radius 1 is 0.769 bits per heavy atom. The van der Waals surface area contributed by atoms with Gasteiger partial charge in [-0.15, -0.1) is 0 Å². The van der Waals surface area contributed by atoms with Crippen molar-refractivity contribution in [2.75, 3.05) is 0 Å². The van der Waals surface area contributed by atoms with Crippen LogP contribution in [0.4, 0.5) is 0 Å². The number of rotatable bonds is 3. The minimum absolute atomic E-state index is 0.0772. The average Bonchev–Trinajstić information content (AvgIpc) is 2.71. The molecule has 0 bridgehead atoms. The Morgan fingerprint density at radius 2 is 1.23 bits per heavy atom. The fraction of sp³-hybridized carbons (Fsp3) is 0.957. The maximum absolute atomic E-state index is 10.8. The molecule has 0 amide bonds. The Balaban J connectivity index is 0.000000284. The molecule has 0 aromatic carbocycles. The number of aliphatic hydroxyl groups is 1. The van der Waals surface area contributed by atoms with Crippen molar-refractivity contribution in [2.24, 2.45) is 23.7 Å². The van der Waals surface area contributed by atoms with Crippen LogP contribution in [0.15, 0.2) is 0 Å². The van der Waals surface area contributed by atoms with E-state index >= 15 is 0 Å². The lowest BCUT2D eigenvalue weighted by molar-refractivity contribution is -0.143. The zero-order chi connectivity index (χ0) is 19.4. The summed E-state index contributed by atoms with van der Waals surface area (Å²) in [5, 5.41) is 18.4. The topological polar surface area (TPSA) is 57.5 Å². The maximum atomic E-state index is 10.8. The predicted molar refractivity (Wildman–Crippen MR) is 109 cm³/mol. The van der Waals surface area contributed by atoms with Crippen LogP contribution in [0.2, 0.25) is 0 Å². The van der Waals surface area contributed by atoms with Crippen molar-refractivity contribution in [2.45, 2.75) is 117 Å². The number of aliphatic hydroxyl groups excluding tert-OH is 1. The Morgan fingerprint density at radius 3 is 1.62 bits per heavy atom. The van der Waals surface area contributed by atoms with Crippen molar-refractivity contribution >= 4 is 5.97 Å². The Kier molecular flexibility index (Phi) is 12.3. The second-order valence-electron chi connectivity index (χ2n) is 8.43. The highest BCUT2D eigenvalue weighted by Gasteiger charge is 2.32. The van der Waals surface area contributed by atoms with E-state index in [0.717, 1.165) is 69.1 Å². The summed E-state index contributed by atoms with van der Waals surface area (Å²) in [4.78, 5) is 10.8. The first-order valence-electron chi connectivity index (χ1n) is 11.5. The van der Waals surface area contributed by atoms with E-state index in [1.165, 1.54) is 38.5 Å². The fourth-order valence-electron chi connectivity index (χ4n) is 5.01. The molecule has 0 saturated heterocycles. The van der Waals surface area contributed by atoms with Gasteiger partial charge < -0.3 is 10.2 Å². The molecule has 3 heteroatoms. The van der Waals surface area contributed by atoms with E-state index < -0.39 is 5.97 Å². The van der Waals surface area contributed by atoms with Crippen molar-refractivity contribution < 1.29 is 15.0 Å². The summed E-state index contributed by atoms with van der Waals surface area (Å²) in [6.07, 6.45) is 16.9. The molecule has 3 nitrogen and oxygen atoms in total. The zero-order valence-electron chi connectivity index (χ0n) is 17.6. The third kappa shape index (κ3) is 8.41. The molecule has 0 unspecified atom stereocenters. The number of carboxylic acid groups (broad SMARTS) is 1. The summed E-state index contributed by atoms with van der Waals surface area (Å²) in [5.41, 5.74) is 0. The second-order valence-corrected chi connectivity index (χ2v) is 8.43. The van der Waals surface area contributed by atoms with Gasteiger partial charge in [0.05, 0.1) is 12.0 Å². The predicted octanol–water partition coefficient (Wildman–Crippen LogP) is 6.43. The van der Waals surface area contributed by atoms with E-state index in [1.807, 2.05) is 13.8 Å². The number of carboxylic acids is 1. The maximum Gasteiger partial charge on any atom is 0.306 e. The number of carbonyl (C=O) groups is 1. The molecule has 3 fully saturated rings. The fourth-order valence-corrected chi connectivity index (χ4v) is 5.01. The Labute approximate surface area is 162 Å². The molecule has 0 spiro atoms. The summed E-state index contributed by atoms with van der Waals surface area (Å²) in [5.74, 6) is 1.85. The molecule has 2 N–H and O–H groups in total.